The molecule has 0 heterocycles. The van der Waals surface area contributed by atoms with Gasteiger partial charge in [0.1, 0.15) is 5.83 Å². The quantitative estimate of drug-likeness (QED) is 0.525. The molecule has 4 aliphatic rings. The fourth-order valence-electron chi connectivity index (χ4n) is 8.62. The molecule has 0 bridgehead atoms. The Hall–Kier alpha value is -0.410. The number of halogens is 1. The molecule has 0 aromatic rings. The molecule has 8 atom stereocenters. The van der Waals surface area contributed by atoms with Crippen LogP contribution in [0.25, 0.3) is 0 Å². The molecule has 3 fully saturated rings. The van der Waals surface area contributed by atoms with Gasteiger partial charge in [0.15, 0.2) is 0 Å². The van der Waals surface area contributed by atoms with Crippen molar-refractivity contribution < 1.29 is 14.6 Å². The summed E-state index contributed by atoms with van der Waals surface area (Å²) in [6, 6.07) is 0. The molecule has 30 heavy (non-hydrogen) atoms. The van der Waals surface area contributed by atoms with Gasteiger partial charge in [-0.2, -0.15) is 0 Å². The van der Waals surface area contributed by atoms with E-state index < -0.39 is 11.2 Å². The summed E-state index contributed by atoms with van der Waals surface area (Å²) in [6.07, 6.45) is 9.77. The highest BCUT2D eigenvalue weighted by molar-refractivity contribution is 5.29. The fraction of sp³-hybridized carbons (Fsp3) is 0.926. The van der Waals surface area contributed by atoms with Gasteiger partial charge in [-0.3, -0.25) is 0 Å². The van der Waals surface area contributed by atoms with Crippen LogP contribution < -0.4 is 0 Å². The largest absolute Gasteiger partial charge is 0.390 e. The van der Waals surface area contributed by atoms with Gasteiger partial charge in [0.2, 0.25) is 0 Å². The normalized spacial score (nSPS) is 47.5. The van der Waals surface area contributed by atoms with E-state index in [-0.39, 0.29) is 11.2 Å². The molecule has 172 valence electrons. The number of aliphatic hydroxyl groups is 2. The minimum Gasteiger partial charge on any atom is -0.390 e. The zero-order chi connectivity index (χ0) is 22.1. The predicted octanol–water partition coefficient (Wildman–Crippen LogP) is 6.80. The number of allylic oxidation sites excluding steroid dienone is 1. The van der Waals surface area contributed by atoms with Gasteiger partial charge in [-0.1, -0.05) is 20.8 Å². The Bertz CT molecular complexity index is 704. The van der Waals surface area contributed by atoms with Crippen molar-refractivity contribution in [1.29, 1.82) is 0 Å². The zero-order valence-corrected chi connectivity index (χ0v) is 20.2. The summed E-state index contributed by atoms with van der Waals surface area (Å²) in [7, 11) is 0. The van der Waals surface area contributed by atoms with Crippen molar-refractivity contribution in [2.24, 2.45) is 40.4 Å². The molecular weight excluding hydrogens is 375 g/mol. The van der Waals surface area contributed by atoms with Crippen LogP contribution in [0.3, 0.4) is 0 Å². The van der Waals surface area contributed by atoms with Crippen molar-refractivity contribution >= 4 is 0 Å². The van der Waals surface area contributed by atoms with Crippen LogP contribution in [0, 0.1) is 40.4 Å². The second-order valence-electron chi connectivity index (χ2n) is 13.1. The molecule has 0 aromatic heterocycles. The van der Waals surface area contributed by atoms with Gasteiger partial charge < -0.3 is 10.2 Å². The number of fused-ring (bicyclic) bond motifs is 5. The van der Waals surface area contributed by atoms with Crippen LogP contribution in [-0.4, -0.2) is 21.4 Å². The molecule has 0 radical (unpaired) electrons. The Kier molecular flexibility index (Phi) is 5.54. The Morgan fingerprint density at radius 3 is 2.43 bits per heavy atom. The highest BCUT2D eigenvalue weighted by atomic mass is 19.1. The lowest BCUT2D eigenvalue weighted by Crippen LogP contribution is -2.52. The highest BCUT2D eigenvalue weighted by Crippen LogP contribution is 2.68. The molecule has 4 rings (SSSR count). The molecular formula is C27H45FO2. The van der Waals surface area contributed by atoms with Crippen LogP contribution in [0.1, 0.15) is 106 Å². The van der Waals surface area contributed by atoms with E-state index in [0.717, 1.165) is 31.3 Å². The maximum atomic E-state index is 15.5. The molecule has 3 heteroatoms. The summed E-state index contributed by atoms with van der Waals surface area (Å²) < 4.78 is 15.5. The van der Waals surface area contributed by atoms with Gasteiger partial charge >= 0.3 is 0 Å². The lowest BCUT2D eigenvalue weighted by molar-refractivity contribution is -0.0770. The van der Waals surface area contributed by atoms with Gasteiger partial charge in [-0.25, -0.2) is 4.39 Å². The maximum Gasteiger partial charge on any atom is 0.100 e. The monoisotopic (exact) mass is 420 g/mol. The molecule has 2 N–H and O–H groups in total. The molecule has 0 aliphatic heterocycles. The smallest absolute Gasteiger partial charge is 0.100 e. The maximum absolute atomic E-state index is 15.5. The van der Waals surface area contributed by atoms with Crippen molar-refractivity contribution in [2.75, 3.05) is 0 Å². The topological polar surface area (TPSA) is 40.5 Å². The van der Waals surface area contributed by atoms with Crippen LogP contribution in [-0.2, 0) is 0 Å². The van der Waals surface area contributed by atoms with Gasteiger partial charge in [0.05, 0.1) is 11.2 Å². The number of hydrogen-bond donors (Lipinski definition) is 2. The molecule has 0 amide bonds. The summed E-state index contributed by atoms with van der Waals surface area (Å²) >= 11 is 0. The van der Waals surface area contributed by atoms with Crippen molar-refractivity contribution in [2.45, 2.75) is 117 Å². The first kappa shape index (κ1) is 22.8. The Morgan fingerprint density at radius 1 is 1.07 bits per heavy atom. The second-order valence-corrected chi connectivity index (χ2v) is 13.1. The van der Waals surface area contributed by atoms with Crippen molar-refractivity contribution in [1.82, 2.24) is 0 Å². The van der Waals surface area contributed by atoms with Gasteiger partial charge in [0.25, 0.3) is 0 Å². The minimum absolute atomic E-state index is 0.0544. The molecule has 0 aromatic carbocycles. The third-order valence-electron chi connectivity index (χ3n) is 10.4. The first-order chi connectivity index (χ1) is 13.8. The SMILES string of the molecule is CC(CCC(C)(C)O)C1CCC2C3CC(F)=C4CC(C)(O)CCC4(C)C3CCC12C. The standard InChI is InChI=1S/C27H45FO2/c1-17(9-11-24(2,3)29)19-7-8-20-18-15-23(28)22-16-25(4,30)13-14-27(22,6)21(18)10-12-26(19,20)5/h17-21,29-30H,7-16H2,1-6H3. The van der Waals surface area contributed by atoms with Crippen molar-refractivity contribution in [3.63, 3.8) is 0 Å². The number of rotatable bonds is 4. The van der Waals surface area contributed by atoms with E-state index >= 15 is 4.39 Å². The van der Waals surface area contributed by atoms with E-state index in [4.69, 9.17) is 0 Å². The van der Waals surface area contributed by atoms with E-state index in [0.29, 0.717) is 47.8 Å². The second kappa shape index (κ2) is 7.30. The molecule has 0 spiro atoms. The van der Waals surface area contributed by atoms with E-state index in [2.05, 4.69) is 20.8 Å². The summed E-state index contributed by atoms with van der Waals surface area (Å²) in [5, 5.41) is 20.8. The first-order valence-corrected chi connectivity index (χ1v) is 12.6. The molecule has 0 saturated heterocycles. The van der Waals surface area contributed by atoms with Gasteiger partial charge in [-0.15, -0.1) is 0 Å². The predicted molar refractivity (Wildman–Crippen MR) is 121 cm³/mol. The van der Waals surface area contributed by atoms with Crippen molar-refractivity contribution in [3.05, 3.63) is 11.4 Å². The van der Waals surface area contributed by atoms with E-state index in [1.807, 2.05) is 20.8 Å². The van der Waals surface area contributed by atoms with Gasteiger partial charge in [0, 0.05) is 12.8 Å². The molecule has 2 nitrogen and oxygen atoms in total. The van der Waals surface area contributed by atoms with Crippen molar-refractivity contribution in [3.8, 4) is 0 Å². The lowest BCUT2D eigenvalue weighted by Gasteiger charge is -2.59. The average Bonchev–Trinajstić information content (AvgIpc) is 2.98. The third kappa shape index (κ3) is 3.70. The lowest BCUT2D eigenvalue weighted by atomic mass is 9.46. The van der Waals surface area contributed by atoms with E-state index in [1.54, 1.807) is 0 Å². The van der Waals surface area contributed by atoms with E-state index in [1.165, 1.54) is 25.7 Å². The number of hydrogen-bond acceptors (Lipinski definition) is 2. The summed E-state index contributed by atoms with van der Waals surface area (Å²) in [5.74, 6) is 3.08. The minimum atomic E-state index is -0.740. The summed E-state index contributed by atoms with van der Waals surface area (Å²) in [4.78, 5) is 0. The Balaban J connectivity index is 1.57. The molecule has 4 aliphatic carbocycles. The zero-order valence-electron chi connectivity index (χ0n) is 20.2. The van der Waals surface area contributed by atoms with Crippen LogP contribution in [0.15, 0.2) is 11.4 Å². The summed E-state index contributed by atoms with van der Waals surface area (Å²) in [6.45, 7) is 12.9. The first-order valence-electron chi connectivity index (χ1n) is 12.6. The van der Waals surface area contributed by atoms with Crippen LogP contribution in [0.4, 0.5) is 4.39 Å². The summed E-state index contributed by atoms with van der Waals surface area (Å²) in [5.41, 5.74) is -0.113. The molecule has 8 unspecified atom stereocenters. The van der Waals surface area contributed by atoms with Gasteiger partial charge in [-0.05, 0) is 118 Å². The Morgan fingerprint density at radius 2 is 1.77 bits per heavy atom. The highest BCUT2D eigenvalue weighted by Gasteiger charge is 2.61. The fourth-order valence-corrected chi connectivity index (χ4v) is 8.62. The van der Waals surface area contributed by atoms with E-state index in [9.17, 15) is 10.2 Å². The van der Waals surface area contributed by atoms with Crippen LogP contribution >= 0.6 is 0 Å². The Labute approximate surface area is 183 Å². The molecule has 3 saturated carbocycles. The van der Waals surface area contributed by atoms with Crippen LogP contribution in [0.5, 0.6) is 0 Å². The third-order valence-corrected chi connectivity index (χ3v) is 10.4. The van der Waals surface area contributed by atoms with Crippen LogP contribution in [0.2, 0.25) is 0 Å². The average molecular weight is 421 g/mol.